The summed E-state index contributed by atoms with van der Waals surface area (Å²) >= 11 is 1.44. The molecule has 5 nitrogen and oxygen atoms in total. The maximum absolute atomic E-state index is 13.9. The van der Waals surface area contributed by atoms with E-state index in [1.165, 1.54) is 11.3 Å². The van der Waals surface area contributed by atoms with Gasteiger partial charge in [-0.2, -0.15) is 0 Å². The van der Waals surface area contributed by atoms with Crippen LogP contribution < -0.4 is 10.5 Å². The van der Waals surface area contributed by atoms with Gasteiger partial charge in [0.15, 0.2) is 5.13 Å². The zero-order chi connectivity index (χ0) is 23.9. The molecule has 0 unspecified atom stereocenters. The Morgan fingerprint density at radius 1 is 0.914 bits per heavy atom. The van der Waals surface area contributed by atoms with Crippen molar-refractivity contribution in [3.05, 3.63) is 118 Å². The van der Waals surface area contributed by atoms with E-state index in [0.717, 1.165) is 37.5 Å². The molecule has 0 saturated carbocycles. The summed E-state index contributed by atoms with van der Waals surface area (Å²) in [7, 11) is 0. The first-order valence-electron chi connectivity index (χ1n) is 11.3. The number of thiazole rings is 1. The molecule has 0 aliphatic rings. The molecule has 170 valence electrons. The summed E-state index contributed by atoms with van der Waals surface area (Å²) in [4.78, 5) is 33.3. The number of fused-ring (bicyclic) bond motifs is 4. The van der Waals surface area contributed by atoms with E-state index in [2.05, 4.69) is 0 Å². The number of aryl methyl sites for hydroxylation is 1. The Labute approximate surface area is 204 Å². The van der Waals surface area contributed by atoms with Crippen molar-refractivity contribution in [2.45, 2.75) is 13.5 Å². The first-order valence-corrected chi connectivity index (χ1v) is 12.1. The Morgan fingerprint density at radius 2 is 1.71 bits per heavy atom. The predicted molar refractivity (Wildman–Crippen MR) is 141 cm³/mol. The first-order chi connectivity index (χ1) is 17.1. The molecule has 6 rings (SSSR count). The maximum Gasteiger partial charge on any atom is 0.349 e. The standard InChI is InChI=1S/C29H20N2O3S/c1-18-8-7-13-25-26(18)30-29(35-25)31(17-19-9-3-2-4-10-19)27(32)23-16-22-21-12-6-5-11-20(21)14-15-24(22)34-28(23)33/h2-16H,17H2,1H3. The van der Waals surface area contributed by atoms with E-state index >= 15 is 0 Å². The van der Waals surface area contributed by atoms with Gasteiger partial charge in [-0.15, -0.1) is 0 Å². The van der Waals surface area contributed by atoms with Crippen LogP contribution in [0, 0.1) is 6.92 Å². The molecule has 0 N–H and O–H groups in total. The third kappa shape index (κ3) is 3.78. The van der Waals surface area contributed by atoms with Crippen LogP contribution in [0.15, 0.2) is 100 Å². The Kier molecular flexibility index (Phi) is 5.16. The van der Waals surface area contributed by atoms with Gasteiger partial charge in [-0.05, 0) is 47.0 Å². The number of aromatic nitrogens is 1. The van der Waals surface area contributed by atoms with Gasteiger partial charge in [0.2, 0.25) is 0 Å². The van der Waals surface area contributed by atoms with Crippen molar-refractivity contribution >= 4 is 54.3 Å². The van der Waals surface area contributed by atoms with Crippen LogP contribution in [0.3, 0.4) is 0 Å². The number of nitrogens with zero attached hydrogens (tertiary/aromatic N) is 2. The highest BCUT2D eigenvalue weighted by atomic mass is 32.1. The summed E-state index contributed by atoms with van der Waals surface area (Å²) in [5.74, 6) is -0.436. The van der Waals surface area contributed by atoms with Crippen LogP contribution in [0.1, 0.15) is 21.5 Å². The second-order valence-electron chi connectivity index (χ2n) is 8.44. The highest BCUT2D eigenvalue weighted by Crippen LogP contribution is 2.33. The molecular formula is C29H20N2O3S. The minimum atomic E-state index is -0.659. The minimum Gasteiger partial charge on any atom is -0.422 e. The van der Waals surface area contributed by atoms with Gasteiger partial charge in [-0.1, -0.05) is 84.1 Å². The molecule has 1 amide bonds. The second-order valence-corrected chi connectivity index (χ2v) is 9.45. The zero-order valence-corrected chi connectivity index (χ0v) is 19.7. The molecule has 6 aromatic rings. The number of anilines is 1. The first kappa shape index (κ1) is 21.3. The fourth-order valence-corrected chi connectivity index (χ4v) is 5.39. The quantitative estimate of drug-likeness (QED) is 0.209. The highest BCUT2D eigenvalue weighted by molar-refractivity contribution is 7.22. The molecule has 0 bridgehead atoms. The summed E-state index contributed by atoms with van der Waals surface area (Å²) in [6.45, 7) is 2.28. The number of carbonyl (C=O) groups is 1. The van der Waals surface area contributed by atoms with Gasteiger partial charge in [-0.25, -0.2) is 9.78 Å². The van der Waals surface area contributed by atoms with Crippen molar-refractivity contribution < 1.29 is 9.21 Å². The van der Waals surface area contributed by atoms with E-state index in [-0.39, 0.29) is 12.1 Å². The Hall–Kier alpha value is -4.29. The van der Waals surface area contributed by atoms with E-state index in [0.29, 0.717) is 10.7 Å². The molecule has 6 heteroatoms. The van der Waals surface area contributed by atoms with Crippen molar-refractivity contribution in [2.75, 3.05) is 4.90 Å². The lowest BCUT2D eigenvalue weighted by Crippen LogP contribution is -2.33. The average Bonchev–Trinajstić information content (AvgIpc) is 3.32. The molecule has 0 aliphatic heterocycles. The minimum absolute atomic E-state index is 0.0132. The normalized spacial score (nSPS) is 11.3. The van der Waals surface area contributed by atoms with Crippen LogP contribution in [-0.4, -0.2) is 10.9 Å². The summed E-state index contributed by atoms with van der Waals surface area (Å²) in [5, 5.41) is 3.20. The van der Waals surface area contributed by atoms with Crippen LogP contribution in [-0.2, 0) is 6.54 Å². The second kappa shape index (κ2) is 8.49. The number of hydrogen-bond donors (Lipinski definition) is 0. The van der Waals surface area contributed by atoms with Crippen molar-refractivity contribution in [3.63, 3.8) is 0 Å². The van der Waals surface area contributed by atoms with Crippen molar-refractivity contribution in [3.8, 4) is 0 Å². The molecule has 0 aliphatic carbocycles. The van der Waals surface area contributed by atoms with Crippen LogP contribution in [0.5, 0.6) is 0 Å². The van der Waals surface area contributed by atoms with Gasteiger partial charge in [0, 0.05) is 5.39 Å². The lowest BCUT2D eigenvalue weighted by atomic mass is 10.0. The molecule has 2 heterocycles. The van der Waals surface area contributed by atoms with Gasteiger partial charge in [0.25, 0.3) is 5.91 Å². The molecule has 0 atom stereocenters. The summed E-state index contributed by atoms with van der Waals surface area (Å²) < 4.78 is 6.60. The van der Waals surface area contributed by atoms with E-state index < -0.39 is 11.5 Å². The average molecular weight is 477 g/mol. The molecule has 4 aromatic carbocycles. The largest absolute Gasteiger partial charge is 0.422 e. The summed E-state index contributed by atoms with van der Waals surface area (Å²) in [6, 6.07) is 28.8. The van der Waals surface area contributed by atoms with E-state index in [1.807, 2.05) is 85.8 Å². The molecular weight excluding hydrogens is 456 g/mol. The van der Waals surface area contributed by atoms with E-state index in [1.54, 1.807) is 17.0 Å². The fourth-order valence-electron chi connectivity index (χ4n) is 4.35. The van der Waals surface area contributed by atoms with Crippen molar-refractivity contribution in [2.24, 2.45) is 0 Å². The Balaban J connectivity index is 1.52. The number of para-hydroxylation sites is 1. The van der Waals surface area contributed by atoms with E-state index in [4.69, 9.17) is 9.40 Å². The van der Waals surface area contributed by atoms with Gasteiger partial charge in [0.05, 0.1) is 16.8 Å². The van der Waals surface area contributed by atoms with Crippen LogP contribution >= 0.6 is 11.3 Å². The number of rotatable bonds is 4. The highest BCUT2D eigenvalue weighted by Gasteiger charge is 2.26. The fraction of sp³-hybridized carbons (Fsp3) is 0.0690. The lowest BCUT2D eigenvalue weighted by molar-refractivity contribution is 0.0981. The van der Waals surface area contributed by atoms with Gasteiger partial charge in [0.1, 0.15) is 11.1 Å². The van der Waals surface area contributed by atoms with Crippen LogP contribution in [0.25, 0.3) is 32.0 Å². The van der Waals surface area contributed by atoms with Crippen LogP contribution in [0.2, 0.25) is 0 Å². The predicted octanol–water partition coefficient (Wildman–Crippen LogP) is 6.71. The van der Waals surface area contributed by atoms with Crippen molar-refractivity contribution in [1.82, 2.24) is 4.98 Å². The monoisotopic (exact) mass is 476 g/mol. The van der Waals surface area contributed by atoms with Crippen LogP contribution in [0.4, 0.5) is 5.13 Å². The third-order valence-corrected chi connectivity index (χ3v) is 7.18. The number of amides is 1. The SMILES string of the molecule is Cc1cccc2sc(N(Cc3ccccc3)C(=O)c3cc4c(ccc5ccccc54)oc3=O)nc12. The maximum atomic E-state index is 13.9. The van der Waals surface area contributed by atoms with Crippen molar-refractivity contribution in [1.29, 1.82) is 0 Å². The molecule has 0 radical (unpaired) electrons. The number of benzene rings is 4. The lowest BCUT2D eigenvalue weighted by Gasteiger charge is -2.20. The Bertz CT molecular complexity index is 1790. The van der Waals surface area contributed by atoms with Gasteiger partial charge in [-0.3, -0.25) is 9.69 Å². The van der Waals surface area contributed by atoms with E-state index in [9.17, 15) is 9.59 Å². The number of carbonyl (C=O) groups excluding carboxylic acids is 1. The molecule has 0 saturated heterocycles. The third-order valence-electron chi connectivity index (χ3n) is 6.14. The summed E-state index contributed by atoms with van der Waals surface area (Å²) in [5.41, 5.74) is 2.61. The number of hydrogen-bond acceptors (Lipinski definition) is 5. The zero-order valence-electron chi connectivity index (χ0n) is 18.9. The smallest absolute Gasteiger partial charge is 0.349 e. The molecule has 2 aromatic heterocycles. The molecule has 0 spiro atoms. The topological polar surface area (TPSA) is 63.4 Å². The molecule has 35 heavy (non-hydrogen) atoms. The molecule has 0 fully saturated rings. The van der Waals surface area contributed by atoms with Gasteiger partial charge < -0.3 is 4.42 Å². The van der Waals surface area contributed by atoms with Gasteiger partial charge >= 0.3 is 5.63 Å². The Morgan fingerprint density at radius 3 is 2.54 bits per heavy atom. The summed E-state index contributed by atoms with van der Waals surface area (Å²) in [6.07, 6.45) is 0.